The van der Waals surface area contributed by atoms with Crippen molar-refractivity contribution in [2.75, 3.05) is 16.8 Å². The number of furan rings is 1. The van der Waals surface area contributed by atoms with Gasteiger partial charge in [0.2, 0.25) is 0 Å². The second-order valence-electron chi connectivity index (χ2n) is 6.52. The van der Waals surface area contributed by atoms with Crippen molar-refractivity contribution in [2.45, 2.75) is 6.42 Å². The number of hydrogen-bond donors (Lipinski definition) is 1. The predicted octanol–water partition coefficient (Wildman–Crippen LogP) is 4.34. The number of hydrogen-bond acceptors (Lipinski definition) is 5. The summed E-state index contributed by atoms with van der Waals surface area (Å²) in [4.78, 5) is 31.2. The number of fused-ring (bicyclic) bond motifs is 2. The maximum atomic E-state index is 12.7. The van der Waals surface area contributed by atoms with Gasteiger partial charge in [-0.15, -0.1) is 11.3 Å². The van der Waals surface area contributed by atoms with E-state index in [0.717, 1.165) is 27.9 Å². The van der Waals surface area contributed by atoms with Gasteiger partial charge in [0.15, 0.2) is 5.76 Å². The van der Waals surface area contributed by atoms with Crippen LogP contribution in [0.2, 0.25) is 0 Å². The summed E-state index contributed by atoms with van der Waals surface area (Å²) in [5, 5.41) is 2.92. The lowest BCUT2D eigenvalue weighted by atomic mass is 10.1. The van der Waals surface area contributed by atoms with Crippen LogP contribution >= 0.6 is 11.3 Å². The molecule has 3 heterocycles. The van der Waals surface area contributed by atoms with Crippen molar-refractivity contribution in [1.29, 1.82) is 0 Å². The Morgan fingerprint density at radius 2 is 2.07 bits per heavy atom. The molecule has 2 aromatic heterocycles. The van der Waals surface area contributed by atoms with Crippen molar-refractivity contribution in [3.05, 3.63) is 77.2 Å². The van der Waals surface area contributed by atoms with E-state index in [0.29, 0.717) is 23.6 Å². The molecule has 1 aliphatic heterocycles. The summed E-state index contributed by atoms with van der Waals surface area (Å²) in [7, 11) is 0. The van der Waals surface area contributed by atoms with Crippen LogP contribution in [-0.2, 0) is 6.42 Å². The topological polar surface area (TPSA) is 75.4 Å². The van der Waals surface area contributed by atoms with Crippen LogP contribution in [0.5, 0.6) is 0 Å². The smallest absolute Gasteiger partial charge is 0.293 e. The molecule has 5 rings (SSSR count). The van der Waals surface area contributed by atoms with Crippen molar-refractivity contribution in [1.82, 2.24) is 4.98 Å². The van der Waals surface area contributed by atoms with Crippen LogP contribution in [0.15, 0.2) is 64.7 Å². The number of aromatic nitrogens is 1. The summed E-state index contributed by atoms with van der Waals surface area (Å²) in [6.07, 6.45) is 2.26. The molecule has 7 heteroatoms. The molecule has 0 atom stereocenters. The summed E-state index contributed by atoms with van der Waals surface area (Å²) >= 11 is 1.50. The van der Waals surface area contributed by atoms with Gasteiger partial charge in [-0.05, 0) is 54.4 Å². The van der Waals surface area contributed by atoms with Gasteiger partial charge < -0.3 is 14.6 Å². The lowest BCUT2D eigenvalue weighted by molar-refractivity contribution is 0.0962. The van der Waals surface area contributed by atoms with Crippen LogP contribution in [0, 0.1) is 0 Å². The molecule has 1 N–H and O–H groups in total. The summed E-state index contributed by atoms with van der Waals surface area (Å²) < 4.78 is 6.21. The average Bonchev–Trinajstić information content (AvgIpc) is 3.46. The van der Waals surface area contributed by atoms with E-state index in [2.05, 4.69) is 10.3 Å². The highest BCUT2D eigenvalue weighted by atomic mass is 32.1. The first-order chi connectivity index (χ1) is 13.7. The van der Waals surface area contributed by atoms with Gasteiger partial charge >= 0.3 is 0 Å². The van der Waals surface area contributed by atoms with E-state index in [1.165, 1.54) is 17.6 Å². The number of nitrogens with zero attached hydrogens (tertiary/aromatic N) is 2. The maximum Gasteiger partial charge on any atom is 0.293 e. The van der Waals surface area contributed by atoms with Crippen LogP contribution < -0.4 is 10.2 Å². The van der Waals surface area contributed by atoms with Crippen molar-refractivity contribution >= 4 is 44.7 Å². The minimum Gasteiger partial charge on any atom is -0.459 e. The molecular weight excluding hydrogens is 374 g/mol. The minimum atomic E-state index is -0.197. The Hall–Kier alpha value is -3.45. The largest absolute Gasteiger partial charge is 0.459 e. The first-order valence-corrected chi connectivity index (χ1v) is 9.70. The van der Waals surface area contributed by atoms with Gasteiger partial charge in [-0.25, -0.2) is 4.98 Å². The fourth-order valence-electron chi connectivity index (χ4n) is 3.40. The Bertz CT molecular complexity index is 1200. The zero-order valence-corrected chi connectivity index (χ0v) is 15.5. The fourth-order valence-corrected chi connectivity index (χ4v) is 4.12. The normalized spacial score (nSPS) is 12.9. The summed E-state index contributed by atoms with van der Waals surface area (Å²) in [5.41, 5.74) is 5.73. The SMILES string of the molecule is O=C(Nc1ccc2c(c1)N(C(=O)c1ccco1)CC2)c1ccc2ncsc2c1. The lowest BCUT2D eigenvalue weighted by Crippen LogP contribution is -2.28. The van der Waals surface area contributed by atoms with Gasteiger partial charge in [-0.1, -0.05) is 6.07 Å². The van der Waals surface area contributed by atoms with Gasteiger partial charge in [0, 0.05) is 23.5 Å². The highest BCUT2D eigenvalue weighted by Gasteiger charge is 2.27. The van der Waals surface area contributed by atoms with Crippen LogP contribution in [0.1, 0.15) is 26.5 Å². The molecule has 0 saturated carbocycles. The quantitative estimate of drug-likeness (QED) is 0.565. The molecule has 2 amide bonds. The number of carbonyl (C=O) groups excluding carboxylic acids is 2. The Labute approximate surface area is 164 Å². The van der Waals surface area contributed by atoms with Gasteiger partial charge in [0.1, 0.15) is 0 Å². The molecule has 0 saturated heterocycles. The van der Waals surface area contributed by atoms with Crippen LogP contribution in [0.4, 0.5) is 11.4 Å². The monoisotopic (exact) mass is 389 g/mol. The van der Waals surface area contributed by atoms with Gasteiger partial charge in [-0.2, -0.15) is 0 Å². The van der Waals surface area contributed by atoms with E-state index in [1.807, 2.05) is 30.3 Å². The number of nitrogens with one attached hydrogen (secondary N) is 1. The van der Waals surface area contributed by atoms with E-state index < -0.39 is 0 Å². The van der Waals surface area contributed by atoms with Gasteiger partial charge in [0.05, 0.1) is 22.0 Å². The van der Waals surface area contributed by atoms with Crippen LogP contribution in [-0.4, -0.2) is 23.3 Å². The standard InChI is InChI=1S/C21H15N3O3S/c25-20(14-4-6-16-19(10-14)28-12-22-16)23-15-5-3-13-7-8-24(17(13)11-15)21(26)18-2-1-9-27-18/h1-6,9-12H,7-8H2,(H,23,25). The van der Waals surface area contributed by atoms with E-state index in [-0.39, 0.29) is 11.8 Å². The number of rotatable bonds is 3. The molecule has 2 aromatic carbocycles. The summed E-state index contributed by atoms with van der Waals surface area (Å²) in [5.74, 6) is -0.0693. The Balaban J connectivity index is 1.40. The molecule has 0 radical (unpaired) electrons. The first kappa shape index (κ1) is 16.7. The van der Waals surface area contributed by atoms with Crippen molar-refractivity contribution < 1.29 is 14.0 Å². The summed E-state index contributed by atoms with van der Waals surface area (Å²) in [6.45, 7) is 0.592. The molecule has 0 bridgehead atoms. The number of benzene rings is 2. The highest BCUT2D eigenvalue weighted by Crippen LogP contribution is 2.32. The minimum absolute atomic E-state index is 0.178. The number of anilines is 2. The Morgan fingerprint density at radius 3 is 2.93 bits per heavy atom. The Kier molecular flexibility index (Phi) is 3.95. The fraction of sp³-hybridized carbons (Fsp3) is 0.0952. The lowest BCUT2D eigenvalue weighted by Gasteiger charge is -2.17. The second kappa shape index (κ2) is 6.61. The third-order valence-electron chi connectivity index (χ3n) is 4.81. The van der Waals surface area contributed by atoms with Crippen molar-refractivity contribution in [3.8, 4) is 0 Å². The van der Waals surface area contributed by atoms with Crippen molar-refractivity contribution in [3.63, 3.8) is 0 Å². The third-order valence-corrected chi connectivity index (χ3v) is 5.60. The maximum absolute atomic E-state index is 12.7. The van der Waals surface area contributed by atoms with Crippen LogP contribution in [0.25, 0.3) is 10.2 Å². The molecule has 4 aromatic rings. The molecule has 6 nitrogen and oxygen atoms in total. The van der Waals surface area contributed by atoms with E-state index in [4.69, 9.17) is 4.42 Å². The second-order valence-corrected chi connectivity index (χ2v) is 7.40. The molecule has 0 aliphatic carbocycles. The molecule has 138 valence electrons. The molecular formula is C21H15N3O3S. The highest BCUT2D eigenvalue weighted by molar-refractivity contribution is 7.16. The van der Waals surface area contributed by atoms with E-state index in [9.17, 15) is 9.59 Å². The summed E-state index contributed by atoms with van der Waals surface area (Å²) in [6, 6.07) is 14.4. The van der Waals surface area contributed by atoms with Gasteiger partial charge in [-0.3, -0.25) is 9.59 Å². The zero-order chi connectivity index (χ0) is 19.1. The molecule has 0 fully saturated rings. The average molecular weight is 389 g/mol. The van der Waals surface area contributed by atoms with Crippen molar-refractivity contribution in [2.24, 2.45) is 0 Å². The Morgan fingerprint density at radius 1 is 1.14 bits per heavy atom. The number of thiazole rings is 1. The molecule has 0 unspecified atom stereocenters. The van der Waals surface area contributed by atoms with E-state index >= 15 is 0 Å². The number of amides is 2. The first-order valence-electron chi connectivity index (χ1n) is 8.82. The zero-order valence-electron chi connectivity index (χ0n) is 14.7. The van der Waals surface area contributed by atoms with E-state index in [1.54, 1.807) is 28.6 Å². The van der Waals surface area contributed by atoms with Crippen LogP contribution in [0.3, 0.4) is 0 Å². The predicted molar refractivity (Wildman–Crippen MR) is 108 cm³/mol. The molecule has 28 heavy (non-hydrogen) atoms. The number of carbonyl (C=O) groups is 2. The molecule has 1 aliphatic rings. The third kappa shape index (κ3) is 2.86. The van der Waals surface area contributed by atoms with Gasteiger partial charge in [0.25, 0.3) is 11.8 Å². The molecule has 0 spiro atoms.